The summed E-state index contributed by atoms with van der Waals surface area (Å²) in [4.78, 5) is 16.3. The molecular weight excluding hydrogens is 250 g/mol. The quantitative estimate of drug-likeness (QED) is 0.750. The fraction of sp³-hybridized carbons (Fsp3) is 0.875. The van der Waals surface area contributed by atoms with E-state index in [0.29, 0.717) is 36.6 Å². The smallest absolute Gasteiger partial charge is 0.222 e. The van der Waals surface area contributed by atoms with Crippen LogP contribution in [-0.2, 0) is 4.79 Å². The van der Waals surface area contributed by atoms with Gasteiger partial charge in [0.05, 0.1) is 12.5 Å². The predicted molar refractivity (Wildman–Crippen MR) is 81.1 cm³/mol. The van der Waals surface area contributed by atoms with Gasteiger partial charge in [0.2, 0.25) is 5.91 Å². The molecule has 114 valence electrons. The molecule has 0 saturated carbocycles. The van der Waals surface area contributed by atoms with Gasteiger partial charge in [-0.1, -0.05) is 13.8 Å². The molecular formula is C16H29N3O. The van der Waals surface area contributed by atoms with E-state index in [0.717, 1.165) is 32.5 Å². The summed E-state index contributed by atoms with van der Waals surface area (Å²) >= 11 is 0. The maximum absolute atomic E-state index is 12.0. The van der Waals surface area contributed by atoms with Gasteiger partial charge in [-0.05, 0) is 38.6 Å². The summed E-state index contributed by atoms with van der Waals surface area (Å²) in [7, 11) is 2.10. The number of piperidine rings is 1. The molecule has 1 saturated heterocycles. The number of carbonyl (C=O) groups is 1. The molecule has 0 spiro atoms. The van der Waals surface area contributed by atoms with Gasteiger partial charge in [0.1, 0.15) is 0 Å². The molecule has 0 aromatic heterocycles. The molecule has 0 aromatic carbocycles. The molecule has 4 nitrogen and oxygen atoms in total. The third-order valence-corrected chi connectivity index (χ3v) is 4.24. The van der Waals surface area contributed by atoms with Gasteiger partial charge in [0.25, 0.3) is 0 Å². The van der Waals surface area contributed by atoms with E-state index in [-0.39, 0.29) is 0 Å². The van der Waals surface area contributed by atoms with Crippen LogP contribution in [0.25, 0.3) is 0 Å². The van der Waals surface area contributed by atoms with Crippen LogP contribution in [0.4, 0.5) is 0 Å². The second kappa shape index (κ2) is 8.26. The molecule has 1 heterocycles. The average Bonchev–Trinajstić information content (AvgIpc) is 2.39. The van der Waals surface area contributed by atoms with Crippen LogP contribution in [-0.4, -0.2) is 48.4 Å². The van der Waals surface area contributed by atoms with Crippen molar-refractivity contribution in [2.24, 2.45) is 11.8 Å². The van der Waals surface area contributed by atoms with Crippen LogP contribution < -0.4 is 0 Å². The highest BCUT2D eigenvalue weighted by atomic mass is 16.2. The molecule has 1 atom stereocenters. The molecule has 1 aliphatic rings. The van der Waals surface area contributed by atoms with E-state index in [2.05, 4.69) is 38.8 Å². The fourth-order valence-electron chi connectivity index (χ4n) is 2.72. The maximum atomic E-state index is 12.0. The van der Waals surface area contributed by atoms with E-state index in [1.165, 1.54) is 0 Å². The molecule has 1 amide bonds. The highest BCUT2D eigenvalue weighted by Crippen LogP contribution is 2.20. The molecule has 0 radical (unpaired) electrons. The van der Waals surface area contributed by atoms with Crippen molar-refractivity contribution in [2.45, 2.75) is 52.5 Å². The standard InChI is InChI=1S/C16H29N3O/c1-13(2)11-16(20)19-9-6-15(7-10-19)12-18(4)14(3)5-8-17/h13-15H,5-7,9-12H2,1-4H3. The number of hydrogen-bond acceptors (Lipinski definition) is 3. The topological polar surface area (TPSA) is 47.3 Å². The van der Waals surface area contributed by atoms with Crippen LogP contribution in [0, 0.1) is 23.2 Å². The van der Waals surface area contributed by atoms with E-state index in [9.17, 15) is 4.79 Å². The van der Waals surface area contributed by atoms with Gasteiger partial charge in [-0.2, -0.15) is 5.26 Å². The van der Waals surface area contributed by atoms with Crippen LogP contribution in [0.15, 0.2) is 0 Å². The highest BCUT2D eigenvalue weighted by molar-refractivity contribution is 5.76. The second-order valence-electron chi connectivity index (χ2n) is 6.57. The van der Waals surface area contributed by atoms with Crippen molar-refractivity contribution in [3.63, 3.8) is 0 Å². The Morgan fingerprint density at radius 2 is 1.95 bits per heavy atom. The normalized spacial score (nSPS) is 18.4. The summed E-state index contributed by atoms with van der Waals surface area (Å²) in [5.41, 5.74) is 0. The maximum Gasteiger partial charge on any atom is 0.222 e. The van der Waals surface area contributed by atoms with Crippen LogP contribution in [0.3, 0.4) is 0 Å². The molecule has 1 rings (SSSR count). The number of rotatable bonds is 6. The van der Waals surface area contributed by atoms with E-state index in [1.54, 1.807) is 0 Å². The molecule has 4 heteroatoms. The predicted octanol–water partition coefficient (Wildman–Crippen LogP) is 2.51. The van der Waals surface area contributed by atoms with Crippen molar-refractivity contribution in [2.75, 3.05) is 26.7 Å². The average molecular weight is 279 g/mol. The number of carbonyl (C=O) groups excluding carboxylic acids is 1. The largest absolute Gasteiger partial charge is 0.343 e. The Labute approximate surface area is 123 Å². The summed E-state index contributed by atoms with van der Waals surface area (Å²) in [6.45, 7) is 9.12. The van der Waals surface area contributed by atoms with E-state index in [1.807, 2.05) is 4.90 Å². The van der Waals surface area contributed by atoms with Crippen LogP contribution in [0.1, 0.15) is 46.5 Å². The van der Waals surface area contributed by atoms with E-state index in [4.69, 9.17) is 5.26 Å². The minimum atomic E-state index is 0.310. The van der Waals surface area contributed by atoms with Gasteiger partial charge < -0.3 is 9.80 Å². The van der Waals surface area contributed by atoms with Crippen LogP contribution in [0.5, 0.6) is 0 Å². The Bertz CT molecular complexity index is 340. The number of nitriles is 1. The Hall–Kier alpha value is -1.08. The van der Waals surface area contributed by atoms with E-state index < -0.39 is 0 Å². The second-order valence-corrected chi connectivity index (χ2v) is 6.57. The van der Waals surface area contributed by atoms with Gasteiger partial charge in [-0.3, -0.25) is 4.79 Å². The number of nitrogens with zero attached hydrogens (tertiary/aromatic N) is 3. The van der Waals surface area contributed by atoms with Crippen molar-refractivity contribution in [3.05, 3.63) is 0 Å². The fourth-order valence-corrected chi connectivity index (χ4v) is 2.72. The monoisotopic (exact) mass is 279 g/mol. The lowest BCUT2D eigenvalue weighted by molar-refractivity contribution is -0.133. The Kier molecular flexibility index (Phi) is 7.01. The first-order chi connectivity index (χ1) is 9.43. The van der Waals surface area contributed by atoms with Gasteiger partial charge in [0.15, 0.2) is 0 Å². The van der Waals surface area contributed by atoms with Gasteiger partial charge in [-0.15, -0.1) is 0 Å². The number of amides is 1. The van der Waals surface area contributed by atoms with Crippen molar-refractivity contribution >= 4 is 5.91 Å². The van der Waals surface area contributed by atoms with Gasteiger partial charge in [-0.25, -0.2) is 0 Å². The van der Waals surface area contributed by atoms with Crippen LogP contribution in [0.2, 0.25) is 0 Å². The van der Waals surface area contributed by atoms with E-state index >= 15 is 0 Å². The summed E-state index contributed by atoms with van der Waals surface area (Å²) in [5, 5.41) is 8.74. The number of hydrogen-bond donors (Lipinski definition) is 0. The summed E-state index contributed by atoms with van der Waals surface area (Å²) in [5.74, 6) is 1.41. The molecule has 1 aliphatic heterocycles. The molecule has 0 bridgehead atoms. The number of likely N-dealkylation sites (tertiary alicyclic amines) is 1. The first-order valence-electron chi connectivity index (χ1n) is 7.79. The highest BCUT2D eigenvalue weighted by Gasteiger charge is 2.24. The van der Waals surface area contributed by atoms with Crippen molar-refractivity contribution in [1.29, 1.82) is 5.26 Å². The van der Waals surface area contributed by atoms with Gasteiger partial charge in [0, 0.05) is 32.1 Å². The van der Waals surface area contributed by atoms with Crippen molar-refractivity contribution in [3.8, 4) is 6.07 Å². The Morgan fingerprint density at radius 3 is 2.45 bits per heavy atom. The third kappa shape index (κ3) is 5.50. The zero-order valence-electron chi connectivity index (χ0n) is 13.4. The first-order valence-corrected chi connectivity index (χ1v) is 7.79. The minimum absolute atomic E-state index is 0.310. The Morgan fingerprint density at radius 1 is 1.35 bits per heavy atom. The molecule has 1 unspecified atom stereocenters. The summed E-state index contributed by atoms with van der Waals surface area (Å²) < 4.78 is 0. The lowest BCUT2D eigenvalue weighted by Gasteiger charge is -2.35. The molecule has 0 aromatic rings. The molecule has 1 fully saturated rings. The first kappa shape index (κ1) is 17.0. The van der Waals surface area contributed by atoms with Crippen LogP contribution >= 0.6 is 0 Å². The lowest BCUT2D eigenvalue weighted by atomic mass is 9.95. The van der Waals surface area contributed by atoms with Crippen molar-refractivity contribution in [1.82, 2.24) is 9.80 Å². The molecule has 0 aliphatic carbocycles. The molecule has 20 heavy (non-hydrogen) atoms. The van der Waals surface area contributed by atoms with Crippen molar-refractivity contribution < 1.29 is 4.79 Å². The zero-order valence-corrected chi connectivity index (χ0v) is 13.4. The summed E-state index contributed by atoms with van der Waals surface area (Å²) in [6.07, 6.45) is 3.44. The minimum Gasteiger partial charge on any atom is -0.343 e. The Balaban J connectivity index is 2.32. The molecule has 0 N–H and O–H groups in total. The third-order valence-electron chi connectivity index (χ3n) is 4.24. The lowest BCUT2D eigenvalue weighted by Crippen LogP contribution is -2.42. The summed E-state index contributed by atoms with van der Waals surface area (Å²) in [6, 6.07) is 2.55. The zero-order chi connectivity index (χ0) is 15.1. The van der Waals surface area contributed by atoms with Gasteiger partial charge >= 0.3 is 0 Å². The SMILES string of the molecule is CC(C)CC(=O)N1CCC(CN(C)C(C)CC#N)CC1.